The van der Waals surface area contributed by atoms with E-state index < -0.39 is 0 Å². The number of nitrogens with one attached hydrogen (secondary N) is 1. The van der Waals surface area contributed by atoms with Crippen molar-refractivity contribution in [3.05, 3.63) is 69.2 Å². The molecule has 0 radical (unpaired) electrons. The van der Waals surface area contributed by atoms with E-state index in [4.69, 9.17) is 23.2 Å². The fraction of sp³-hybridized carbons (Fsp3) is 0.0625. The molecule has 106 valence electrons. The van der Waals surface area contributed by atoms with E-state index in [1.807, 2.05) is 36.4 Å². The maximum absolute atomic E-state index is 9.37. The predicted molar refractivity (Wildman–Crippen MR) is 86.6 cm³/mol. The van der Waals surface area contributed by atoms with Gasteiger partial charge in [-0.15, -0.1) is 0 Å². The van der Waals surface area contributed by atoms with Gasteiger partial charge in [-0.05, 0) is 47.5 Å². The minimum atomic E-state index is 0.407. The molecule has 21 heavy (non-hydrogen) atoms. The second kappa shape index (κ2) is 5.90. The Balaban J connectivity index is 1.94. The van der Waals surface area contributed by atoms with Crippen LogP contribution in [-0.4, -0.2) is 11.0 Å². The van der Waals surface area contributed by atoms with Crippen molar-refractivity contribution in [3.63, 3.8) is 0 Å². The number of benzene rings is 2. The summed E-state index contributed by atoms with van der Waals surface area (Å²) in [4.78, 5) is 4.40. The van der Waals surface area contributed by atoms with Crippen molar-refractivity contribution in [1.82, 2.24) is 5.48 Å². The highest BCUT2D eigenvalue weighted by Crippen LogP contribution is 2.29. The van der Waals surface area contributed by atoms with Crippen LogP contribution in [0, 0.1) is 0 Å². The van der Waals surface area contributed by atoms with Crippen LogP contribution in [0.3, 0.4) is 0 Å². The van der Waals surface area contributed by atoms with E-state index >= 15 is 0 Å². The summed E-state index contributed by atoms with van der Waals surface area (Å²) in [6.45, 7) is 0. The SMILES string of the molecule is ONC(=Nc1cccc(Cl)c1)C1=Cc2cc(Cl)ccc2C1. The van der Waals surface area contributed by atoms with E-state index in [9.17, 15) is 5.21 Å². The molecule has 0 aliphatic heterocycles. The summed E-state index contributed by atoms with van der Waals surface area (Å²) in [7, 11) is 0. The van der Waals surface area contributed by atoms with Crippen LogP contribution in [0.5, 0.6) is 0 Å². The fourth-order valence-electron chi connectivity index (χ4n) is 2.30. The monoisotopic (exact) mass is 318 g/mol. The quantitative estimate of drug-likeness (QED) is 0.481. The molecule has 2 N–H and O–H groups in total. The number of nitrogens with zero attached hydrogens (tertiary/aromatic N) is 1. The lowest BCUT2D eigenvalue weighted by atomic mass is 10.1. The number of amidine groups is 1. The Kier molecular flexibility index (Phi) is 3.97. The van der Waals surface area contributed by atoms with Gasteiger partial charge in [0.1, 0.15) is 0 Å². The van der Waals surface area contributed by atoms with Crippen LogP contribution in [0.25, 0.3) is 6.08 Å². The number of rotatable bonds is 2. The zero-order valence-corrected chi connectivity index (χ0v) is 12.5. The van der Waals surface area contributed by atoms with Crippen LogP contribution in [0.1, 0.15) is 11.1 Å². The van der Waals surface area contributed by atoms with Crippen molar-refractivity contribution in [2.24, 2.45) is 4.99 Å². The largest absolute Gasteiger partial charge is 0.290 e. The molecule has 5 heteroatoms. The first-order chi connectivity index (χ1) is 10.2. The highest BCUT2D eigenvalue weighted by Gasteiger charge is 2.17. The van der Waals surface area contributed by atoms with Crippen LogP contribution in [0.15, 0.2) is 53.0 Å². The maximum atomic E-state index is 9.37. The van der Waals surface area contributed by atoms with Gasteiger partial charge in [0.05, 0.1) is 5.69 Å². The van der Waals surface area contributed by atoms with Crippen LogP contribution < -0.4 is 5.48 Å². The molecular weight excluding hydrogens is 307 g/mol. The molecular formula is C16H12Cl2N2O. The molecule has 3 rings (SSSR count). The minimum Gasteiger partial charge on any atom is -0.290 e. The number of fused-ring (bicyclic) bond motifs is 1. The average molecular weight is 319 g/mol. The summed E-state index contributed by atoms with van der Waals surface area (Å²) in [6.07, 6.45) is 2.66. The summed E-state index contributed by atoms with van der Waals surface area (Å²) in [5, 5.41) is 10.7. The Bertz CT molecular complexity index is 754. The van der Waals surface area contributed by atoms with Gasteiger partial charge in [-0.25, -0.2) is 4.99 Å². The second-order valence-corrected chi connectivity index (χ2v) is 5.61. The van der Waals surface area contributed by atoms with E-state index in [0.29, 0.717) is 28.0 Å². The Labute approximate surface area is 132 Å². The van der Waals surface area contributed by atoms with Crippen LogP contribution in [-0.2, 0) is 6.42 Å². The first-order valence-corrected chi connectivity index (χ1v) is 7.15. The number of hydrogen-bond donors (Lipinski definition) is 2. The first-order valence-electron chi connectivity index (χ1n) is 6.39. The summed E-state index contributed by atoms with van der Waals surface area (Å²) < 4.78 is 0. The number of aliphatic imine (C=N–C) groups is 1. The highest BCUT2D eigenvalue weighted by atomic mass is 35.5. The van der Waals surface area contributed by atoms with Crippen LogP contribution >= 0.6 is 23.2 Å². The van der Waals surface area contributed by atoms with E-state index in [2.05, 4.69) is 10.5 Å². The molecule has 3 nitrogen and oxygen atoms in total. The zero-order chi connectivity index (χ0) is 14.8. The van der Waals surface area contributed by atoms with Crippen molar-refractivity contribution in [3.8, 4) is 0 Å². The van der Waals surface area contributed by atoms with Gasteiger partial charge in [-0.3, -0.25) is 10.7 Å². The van der Waals surface area contributed by atoms with E-state index in [-0.39, 0.29) is 0 Å². The lowest BCUT2D eigenvalue weighted by molar-refractivity contribution is 0.235. The molecule has 2 aromatic rings. The van der Waals surface area contributed by atoms with Crippen molar-refractivity contribution in [2.75, 3.05) is 0 Å². The summed E-state index contributed by atoms with van der Waals surface area (Å²) >= 11 is 11.9. The highest BCUT2D eigenvalue weighted by molar-refractivity contribution is 6.31. The average Bonchev–Trinajstić information content (AvgIpc) is 2.87. The molecule has 0 spiro atoms. The molecule has 0 atom stereocenters. The normalized spacial score (nSPS) is 13.9. The Hall–Kier alpha value is -1.81. The van der Waals surface area contributed by atoms with E-state index in [1.54, 1.807) is 12.1 Å². The molecule has 0 fully saturated rings. The van der Waals surface area contributed by atoms with Gasteiger partial charge in [0.2, 0.25) is 0 Å². The standard InChI is InChI=1S/C16H12Cl2N2O/c17-13-2-1-3-15(9-13)19-16(20-21)12-6-10-4-5-14(18)8-11(10)7-12/h1-5,7-9,21H,6H2,(H,19,20). The fourth-order valence-corrected chi connectivity index (χ4v) is 2.67. The Morgan fingerprint density at radius 3 is 2.67 bits per heavy atom. The smallest absolute Gasteiger partial charge is 0.153 e. The summed E-state index contributed by atoms with van der Waals surface area (Å²) in [5.41, 5.74) is 5.94. The van der Waals surface area contributed by atoms with Crippen molar-refractivity contribution < 1.29 is 5.21 Å². The molecule has 1 aliphatic rings. The topological polar surface area (TPSA) is 44.6 Å². The van der Waals surface area contributed by atoms with Crippen molar-refractivity contribution in [1.29, 1.82) is 0 Å². The number of halogens is 2. The Morgan fingerprint density at radius 2 is 1.90 bits per heavy atom. The lowest BCUT2D eigenvalue weighted by Crippen LogP contribution is -2.21. The van der Waals surface area contributed by atoms with Crippen LogP contribution in [0.4, 0.5) is 5.69 Å². The third kappa shape index (κ3) is 3.10. The molecule has 0 amide bonds. The van der Waals surface area contributed by atoms with Gasteiger partial charge < -0.3 is 0 Å². The Morgan fingerprint density at radius 1 is 1.10 bits per heavy atom. The van der Waals surface area contributed by atoms with Gasteiger partial charge in [0, 0.05) is 22.0 Å². The molecule has 0 saturated heterocycles. The molecule has 0 bridgehead atoms. The summed E-state index contributed by atoms with van der Waals surface area (Å²) in [6, 6.07) is 12.9. The molecule has 0 aromatic heterocycles. The predicted octanol–water partition coefficient (Wildman–Crippen LogP) is 4.64. The van der Waals surface area contributed by atoms with Gasteiger partial charge in [0.15, 0.2) is 5.84 Å². The molecule has 0 saturated carbocycles. The zero-order valence-electron chi connectivity index (χ0n) is 11.0. The van der Waals surface area contributed by atoms with Crippen molar-refractivity contribution >= 4 is 40.8 Å². The minimum absolute atomic E-state index is 0.407. The third-order valence-electron chi connectivity index (χ3n) is 3.28. The van der Waals surface area contributed by atoms with E-state index in [0.717, 1.165) is 16.7 Å². The molecule has 1 aliphatic carbocycles. The molecule has 0 unspecified atom stereocenters. The van der Waals surface area contributed by atoms with Crippen LogP contribution in [0.2, 0.25) is 10.0 Å². The van der Waals surface area contributed by atoms with Gasteiger partial charge >= 0.3 is 0 Å². The van der Waals surface area contributed by atoms with Crippen molar-refractivity contribution in [2.45, 2.75) is 6.42 Å². The van der Waals surface area contributed by atoms with Gasteiger partial charge in [-0.2, -0.15) is 0 Å². The maximum Gasteiger partial charge on any atom is 0.153 e. The van der Waals surface area contributed by atoms with Gasteiger partial charge in [0.25, 0.3) is 0 Å². The third-order valence-corrected chi connectivity index (χ3v) is 3.75. The number of hydroxylamine groups is 1. The first kappa shape index (κ1) is 14.1. The molecule has 2 aromatic carbocycles. The van der Waals surface area contributed by atoms with Gasteiger partial charge in [-0.1, -0.05) is 35.3 Å². The lowest BCUT2D eigenvalue weighted by Gasteiger charge is -2.06. The second-order valence-electron chi connectivity index (χ2n) is 4.74. The van der Waals surface area contributed by atoms with E-state index in [1.165, 1.54) is 0 Å². The molecule has 0 heterocycles. The number of hydrogen-bond acceptors (Lipinski definition) is 2. The summed E-state index contributed by atoms with van der Waals surface area (Å²) in [5.74, 6) is 0.407.